The minimum Gasteiger partial charge on any atom is -0.445 e. The summed E-state index contributed by atoms with van der Waals surface area (Å²) in [6, 6.07) is 9.09. The monoisotopic (exact) mass is 385 g/mol. The molecule has 0 spiro atoms. The van der Waals surface area contributed by atoms with Crippen LogP contribution in [-0.4, -0.2) is 25.8 Å². The highest BCUT2D eigenvalue weighted by molar-refractivity contribution is 5.97. The largest absolute Gasteiger partial charge is 0.445 e. The normalized spacial score (nSPS) is 11.8. The van der Waals surface area contributed by atoms with E-state index in [1.54, 1.807) is 37.1 Å². The summed E-state index contributed by atoms with van der Waals surface area (Å²) in [6.07, 6.45) is 9.70. The molecule has 29 heavy (non-hydrogen) atoms. The highest BCUT2D eigenvalue weighted by Gasteiger charge is 2.16. The standard InChI is InChI=1S/C22H19N5O2/c1-14-3-4-19(26-12-14)16-9-17(11-18(10-16)22-25-7-8-29-22)21(28)27-15(2)20-13-23-5-6-24-20/h3-13,15H,1-2H3,(H,27,28)/t15-/m1/s1. The van der Waals surface area contributed by atoms with E-state index >= 15 is 0 Å². The van der Waals surface area contributed by atoms with Gasteiger partial charge in [0.05, 0.1) is 29.8 Å². The molecule has 0 bridgehead atoms. The van der Waals surface area contributed by atoms with E-state index in [2.05, 4.69) is 25.3 Å². The van der Waals surface area contributed by atoms with Crippen molar-refractivity contribution in [1.82, 2.24) is 25.3 Å². The van der Waals surface area contributed by atoms with E-state index in [0.29, 0.717) is 22.7 Å². The number of pyridine rings is 1. The van der Waals surface area contributed by atoms with Gasteiger partial charge in [-0.25, -0.2) is 4.98 Å². The van der Waals surface area contributed by atoms with E-state index in [0.717, 1.165) is 16.8 Å². The van der Waals surface area contributed by atoms with Crippen LogP contribution in [0, 0.1) is 6.92 Å². The zero-order valence-corrected chi connectivity index (χ0v) is 16.0. The quantitative estimate of drug-likeness (QED) is 0.558. The molecule has 0 aliphatic rings. The van der Waals surface area contributed by atoms with Gasteiger partial charge in [-0.05, 0) is 43.7 Å². The molecule has 0 aliphatic carbocycles. The molecule has 0 saturated carbocycles. The number of aryl methyl sites for hydroxylation is 1. The van der Waals surface area contributed by atoms with Gasteiger partial charge in [0.25, 0.3) is 5.91 Å². The summed E-state index contributed by atoms with van der Waals surface area (Å²) >= 11 is 0. The zero-order valence-electron chi connectivity index (χ0n) is 16.0. The molecule has 0 fully saturated rings. The number of nitrogens with one attached hydrogen (secondary N) is 1. The van der Waals surface area contributed by atoms with Crippen LogP contribution in [0.5, 0.6) is 0 Å². The molecule has 0 radical (unpaired) electrons. The Bertz CT molecular complexity index is 1110. The zero-order chi connectivity index (χ0) is 20.2. The van der Waals surface area contributed by atoms with Crippen LogP contribution in [0.2, 0.25) is 0 Å². The lowest BCUT2D eigenvalue weighted by Gasteiger charge is -2.14. The minimum absolute atomic E-state index is 0.232. The van der Waals surface area contributed by atoms with Gasteiger partial charge in [-0.1, -0.05) is 6.07 Å². The number of carbonyl (C=O) groups excluding carboxylic acids is 1. The molecule has 4 aromatic rings. The van der Waals surface area contributed by atoms with Crippen molar-refractivity contribution in [3.63, 3.8) is 0 Å². The van der Waals surface area contributed by atoms with E-state index in [4.69, 9.17) is 4.42 Å². The van der Waals surface area contributed by atoms with Crippen LogP contribution in [-0.2, 0) is 0 Å². The Balaban J connectivity index is 1.70. The molecule has 1 aromatic carbocycles. The van der Waals surface area contributed by atoms with Crippen molar-refractivity contribution in [2.24, 2.45) is 0 Å². The van der Waals surface area contributed by atoms with Gasteiger partial charge in [0.2, 0.25) is 5.89 Å². The van der Waals surface area contributed by atoms with Gasteiger partial charge in [0, 0.05) is 35.3 Å². The van der Waals surface area contributed by atoms with Crippen molar-refractivity contribution in [3.05, 3.63) is 84.4 Å². The molecule has 0 unspecified atom stereocenters. The van der Waals surface area contributed by atoms with Crippen LogP contribution in [0.25, 0.3) is 22.7 Å². The second-order valence-electron chi connectivity index (χ2n) is 6.68. The van der Waals surface area contributed by atoms with E-state index < -0.39 is 0 Å². The first kappa shape index (κ1) is 18.5. The lowest BCUT2D eigenvalue weighted by molar-refractivity contribution is 0.0939. The van der Waals surface area contributed by atoms with Gasteiger partial charge in [0.15, 0.2) is 0 Å². The summed E-state index contributed by atoms with van der Waals surface area (Å²) in [5.74, 6) is 0.208. The molecule has 0 saturated heterocycles. The molecule has 0 aliphatic heterocycles. The van der Waals surface area contributed by atoms with Crippen LogP contribution in [0.1, 0.15) is 34.6 Å². The van der Waals surface area contributed by atoms with Crippen molar-refractivity contribution in [2.45, 2.75) is 19.9 Å². The van der Waals surface area contributed by atoms with Crippen LogP contribution in [0.4, 0.5) is 0 Å². The molecular formula is C22H19N5O2. The van der Waals surface area contributed by atoms with Gasteiger partial charge >= 0.3 is 0 Å². The second kappa shape index (κ2) is 8.02. The molecule has 1 atom stereocenters. The lowest BCUT2D eigenvalue weighted by atomic mass is 10.0. The SMILES string of the molecule is Cc1ccc(-c2cc(C(=O)N[C@H](C)c3cnccn3)cc(-c3ncco3)c2)nc1. The number of hydrogen-bond donors (Lipinski definition) is 1. The van der Waals surface area contributed by atoms with Crippen molar-refractivity contribution < 1.29 is 9.21 Å². The predicted octanol–water partition coefficient (Wildman–Crippen LogP) is 3.99. The van der Waals surface area contributed by atoms with E-state index in [-0.39, 0.29) is 11.9 Å². The first-order chi connectivity index (χ1) is 14.1. The van der Waals surface area contributed by atoms with Crippen molar-refractivity contribution in [3.8, 4) is 22.7 Å². The maximum Gasteiger partial charge on any atom is 0.251 e. The third kappa shape index (κ3) is 4.19. The van der Waals surface area contributed by atoms with Crippen LogP contribution < -0.4 is 5.32 Å². The number of hydrogen-bond acceptors (Lipinski definition) is 6. The Morgan fingerprint density at radius 2 is 1.86 bits per heavy atom. The number of carbonyl (C=O) groups is 1. The van der Waals surface area contributed by atoms with Gasteiger partial charge in [0.1, 0.15) is 6.26 Å². The Kier molecular flexibility index (Phi) is 5.11. The molecule has 144 valence electrons. The fourth-order valence-electron chi connectivity index (χ4n) is 2.92. The minimum atomic E-state index is -0.289. The molecule has 1 amide bonds. The summed E-state index contributed by atoms with van der Waals surface area (Å²) in [6.45, 7) is 3.84. The van der Waals surface area contributed by atoms with Crippen LogP contribution in [0.15, 0.2) is 72.0 Å². The summed E-state index contributed by atoms with van der Waals surface area (Å²) in [7, 11) is 0. The molecule has 7 heteroatoms. The van der Waals surface area contributed by atoms with Crippen molar-refractivity contribution >= 4 is 5.91 Å². The van der Waals surface area contributed by atoms with Crippen LogP contribution >= 0.6 is 0 Å². The maximum atomic E-state index is 13.0. The topological polar surface area (TPSA) is 93.8 Å². The third-order valence-corrected chi connectivity index (χ3v) is 4.46. The first-order valence-corrected chi connectivity index (χ1v) is 9.15. The summed E-state index contributed by atoms with van der Waals surface area (Å²) in [5, 5.41) is 2.96. The molecule has 3 heterocycles. The van der Waals surface area contributed by atoms with E-state index in [1.807, 2.05) is 38.1 Å². The maximum absolute atomic E-state index is 13.0. The van der Waals surface area contributed by atoms with Crippen molar-refractivity contribution in [2.75, 3.05) is 0 Å². The Morgan fingerprint density at radius 1 is 1.00 bits per heavy atom. The first-order valence-electron chi connectivity index (χ1n) is 9.15. The number of benzene rings is 1. The molecule has 4 rings (SSSR count). The Morgan fingerprint density at radius 3 is 2.55 bits per heavy atom. The highest BCUT2D eigenvalue weighted by atomic mass is 16.3. The molecular weight excluding hydrogens is 366 g/mol. The van der Waals surface area contributed by atoms with Crippen LogP contribution in [0.3, 0.4) is 0 Å². The van der Waals surface area contributed by atoms with Crippen molar-refractivity contribution in [1.29, 1.82) is 0 Å². The molecule has 7 nitrogen and oxygen atoms in total. The van der Waals surface area contributed by atoms with E-state index in [9.17, 15) is 4.79 Å². The predicted molar refractivity (Wildman–Crippen MR) is 108 cm³/mol. The number of nitrogens with zero attached hydrogens (tertiary/aromatic N) is 4. The summed E-state index contributed by atoms with van der Waals surface area (Å²) < 4.78 is 5.43. The van der Waals surface area contributed by atoms with Gasteiger partial charge in [-0.15, -0.1) is 0 Å². The Hall–Kier alpha value is -3.87. The highest BCUT2D eigenvalue weighted by Crippen LogP contribution is 2.27. The number of aromatic nitrogens is 4. The lowest BCUT2D eigenvalue weighted by Crippen LogP contribution is -2.27. The molecule has 1 N–H and O–H groups in total. The number of amides is 1. The number of rotatable bonds is 5. The van der Waals surface area contributed by atoms with Gasteiger partial charge < -0.3 is 9.73 Å². The second-order valence-corrected chi connectivity index (χ2v) is 6.68. The van der Waals surface area contributed by atoms with Gasteiger partial charge in [-0.3, -0.25) is 19.7 Å². The fraction of sp³-hybridized carbons (Fsp3) is 0.136. The smallest absolute Gasteiger partial charge is 0.251 e. The molecule has 3 aromatic heterocycles. The van der Waals surface area contributed by atoms with Gasteiger partial charge in [-0.2, -0.15) is 0 Å². The fourth-order valence-corrected chi connectivity index (χ4v) is 2.92. The average molecular weight is 385 g/mol. The van der Waals surface area contributed by atoms with E-state index in [1.165, 1.54) is 6.26 Å². The summed E-state index contributed by atoms with van der Waals surface area (Å²) in [5.41, 5.74) is 4.50. The Labute approximate surface area is 167 Å². The summed E-state index contributed by atoms with van der Waals surface area (Å²) in [4.78, 5) is 29.9. The number of oxazole rings is 1. The third-order valence-electron chi connectivity index (χ3n) is 4.46. The average Bonchev–Trinajstić information content (AvgIpc) is 3.29.